The SMILES string of the molecule is COC(=O)c1ccc(Nc2ccc3c(c2)N(C2CCCCCC2)[C@H](C)C(=O)N3C)cc1. The van der Waals surface area contributed by atoms with Crippen molar-refractivity contribution in [2.45, 2.75) is 57.5 Å². The van der Waals surface area contributed by atoms with Crippen LogP contribution in [0.4, 0.5) is 22.7 Å². The topological polar surface area (TPSA) is 61.9 Å². The average Bonchev–Trinajstić information content (AvgIpc) is 3.07. The second-order valence-corrected chi connectivity index (χ2v) is 8.52. The standard InChI is InChI=1S/C25H31N3O3/c1-17-24(29)27(2)22-15-14-20(26-19-12-10-18(11-13-19)25(30)31-3)16-23(22)28(17)21-8-6-4-5-7-9-21/h10-17,21,26H,4-9H2,1-3H3/t17-/m1/s1. The van der Waals surface area contributed by atoms with Gasteiger partial charge in [-0.05, 0) is 62.2 Å². The molecular weight excluding hydrogens is 390 g/mol. The minimum absolute atomic E-state index is 0.149. The van der Waals surface area contributed by atoms with Crippen molar-refractivity contribution in [3.8, 4) is 0 Å². The number of fused-ring (bicyclic) bond motifs is 1. The Balaban J connectivity index is 1.64. The predicted octanol–water partition coefficient (Wildman–Crippen LogP) is 5.11. The van der Waals surface area contributed by atoms with E-state index in [1.54, 1.807) is 17.0 Å². The van der Waals surface area contributed by atoms with Crippen LogP contribution in [0.25, 0.3) is 0 Å². The normalized spacial score (nSPS) is 19.6. The van der Waals surface area contributed by atoms with Crippen LogP contribution in [-0.4, -0.2) is 38.1 Å². The monoisotopic (exact) mass is 421 g/mol. The van der Waals surface area contributed by atoms with Crippen LogP contribution in [0.1, 0.15) is 55.8 Å². The number of rotatable bonds is 4. The lowest BCUT2D eigenvalue weighted by atomic mass is 9.99. The first kappa shape index (κ1) is 21.2. The molecule has 1 heterocycles. The highest BCUT2D eigenvalue weighted by Gasteiger charge is 2.37. The summed E-state index contributed by atoms with van der Waals surface area (Å²) in [6.07, 6.45) is 7.27. The molecule has 1 amide bonds. The van der Waals surface area contributed by atoms with E-state index in [2.05, 4.69) is 16.3 Å². The van der Waals surface area contributed by atoms with Gasteiger partial charge in [0.2, 0.25) is 5.91 Å². The maximum absolute atomic E-state index is 12.9. The second kappa shape index (κ2) is 9.00. The molecule has 31 heavy (non-hydrogen) atoms. The maximum atomic E-state index is 12.9. The Morgan fingerprint density at radius 2 is 1.61 bits per heavy atom. The van der Waals surface area contributed by atoms with E-state index in [-0.39, 0.29) is 17.9 Å². The van der Waals surface area contributed by atoms with E-state index in [1.807, 2.05) is 38.2 Å². The van der Waals surface area contributed by atoms with Crippen molar-refractivity contribution in [1.82, 2.24) is 0 Å². The van der Waals surface area contributed by atoms with Gasteiger partial charge in [0.1, 0.15) is 6.04 Å². The van der Waals surface area contributed by atoms with Crippen molar-refractivity contribution in [2.24, 2.45) is 0 Å². The van der Waals surface area contributed by atoms with Gasteiger partial charge in [-0.1, -0.05) is 25.7 Å². The number of hydrogen-bond donors (Lipinski definition) is 1. The van der Waals surface area contributed by atoms with Crippen LogP contribution in [-0.2, 0) is 9.53 Å². The molecule has 4 rings (SSSR count). The van der Waals surface area contributed by atoms with Crippen LogP contribution in [0.15, 0.2) is 42.5 Å². The average molecular weight is 422 g/mol. The van der Waals surface area contributed by atoms with Crippen LogP contribution in [0, 0.1) is 0 Å². The molecule has 2 aromatic rings. The molecule has 2 aliphatic rings. The number of nitrogens with zero attached hydrogens (tertiary/aromatic N) is 2. The Kier molecular flexibility index (Phi) is 6.16. The first-order valence-corrected chi connectivity index (χ1v) is 11.1. The fraction of sp³-hybridized carbons (Fsp3) is 0.440. The molecule has 1 aliphatic carbocycles. The van der Waals surface area contributed by atoms with Crippen LogP contribution in [0.5, 0.6) is 0 Å². The summed E-state index contributed by atoms with van der Waals surface area (Å²) in [6, 6.07) is 13.6. The van der Waals surface area contributed by atoms with Gasteiger partial charge in [-0.25, -0.2) is 4.79 Å². The number of carbonyl (C=O) groups excluding carboxylic acids is 2. The Labute approximate surface area is 184 Å². The van der Waals surface area contributed by atoms with Gasteiger partial charge in [-0.3, -0.25) is 4.79 Å². The number of hydrogen-bond acceptors (Lipinski definition) is 5. The number of carbonyl (C=O) groups is 2. The smallest absolute Gasteiger partial charge is 0.337 e. The molecule has 1 saturated carbocycles. The summed E-state index contributed by atoms with van der Waals surface area (Å²) in [6.45, 7) is 2.03. The third-order valence-corrected chi connectivity index (χ3v) is 6.53. The molecule has 1 atom stereocenters. The Hall–Kier alpha value is -3.02. The van der Waals surface area contributed by atoms with Gasteiger partial charge in [0.25, 0.3) is 0 Å². The van der Waals surface area contributed by atoms with Crippen molar-refractivity contribution in [1.29, 1.82) is 0 Å². The van der Waals surface area contributed by atoms with E-state index < -0.39 is 0 Å². The molecule has 0 unspecified atom stereocenters. The van der Waals surface area contributed by atoms with Crippen LogP contribution < -0.4 is 15.1 Å². The minimum atomic E-state index is -0.346. The Bertz CT molecular complexity index is 949. The van der Waals surface area contributed by atoms with E-state index in [1.165, 1.54) is 32.8 Å². The van der Waals surface area contributed by atoms with E-state index in [4.69, 9.17) is 4.74 Å². The predicted molar refractivity (Wildman–Crippen MR) is 124 cm³/mol. The maximum Gasteiger partial charge on any atom is 0.337 e. The molecule has 6 heteroatoms. The highest BCUT2D eigenvalue weighted by molar-refractivity contribution is 6.05. The van der Waals surface area contributed by atoms with Crippen molar-refractivity contribution in [3.63, 3.8) is 0 Å². The van der Waals surface area contributed by atoms with Crippen molar-refractivity contribution in [3.05, 3.63) is 48.0 Å². The minimum Gasteiger partial charge on any atom is -0.465 e. The van der Waals surface area contributed by atoms with Gasteiger partial charge >= 0.3 is 5.97 Å². The molecule has 2 aromatic carbocycles. The van der Waals surface area contributed by atoms with E-state index >= 15 is 0 Å². The lowest BCUT2D eigenvalue weighted by Gasteiger charge is -2.44. The quantitative estimate of drug-likeness (QED) is 0.549. The molecule has 0 saturated heterocycles. The third-order valence-electron chi connectivity index (χ3n) is 6.53. The van der Waals surface area contributed by atoms with Crippen molar-refractivity contribution in [2.75, 3.05) is 29.3 Å². The number of nitrogens with one attached hydrogen (secondary N) is 1. The fourth-order valence-corrected chi connectivity index (χ4v) is 4.84. The second-order valence-electron chi connectivity index (χ2n) is 8.52. The number of ether oxygens (including phenoxy) is 1. The van der Waals surface area contributed by atoms with Crippen LogP contribution >= 0.6 is 0 Å². The highest BCUT2D eigenvalue weighted by atomic mass is 16.5. The lowest BCUT2D eigenvalue weighted by Crippen LogP contribution is -2.54. The molecule has 1 N–H and O–H groups in total. The van der Waals surface area contributed by atoms with E-state index in [0.29, 0.717) is 11.6 Å². The first-order chi connectivity index (χ1) is 15.0. The van der Waals surface area contributed by atoms with Gasteiger partial charge in [-0.15, -0.1) is 0 Å². The lowest BCUT2D eigenvalue weighted by molar-refractivity contribution is -0.119. The van der Waals surface area contributed by atoms with Gasteiger partial charge in [0.15, 0.2) is 0 Å². The summed E-state index contributed by atoms with van der Waals surface area (Å²) in [5.41, 5.74) is 4.43. The molecular formula is C25H31N3O3. The Morgan fingerprint density at radius 1 is 0.968 bits per heavy atom. The number of likely N-dealkylation sites (N-methyl/N-ethyl adjacent to an activating group) is 1. The fourth-order valence-electron chi connectivity index (χ4n) is 4.84. The molecule has 0 radical (unpaired) electrons. The largest absolute Gasteiger partial charge is 0.465 e. The first-order valence-electron chi connectivity index (χ1n) is 11.1. The summed E-state index contributed by atoms with van der Waals surface area (Å²) in [7, 11) is 3.24. The molecule has 0 spiro atoms. The molecule has 0 aromatic heterocycles. The summed E-state index contributed by atoms with van der Waals surface area (Å²) in [5.74, 6) is -0.197. The van der Waals surface area contributed by atoms with E-state index in [9.17, 15) is 9.59 Å². The third kappa shape index (κ3) is 4.24. The zero-order valence-corrected chi connectivity index (χ0v) is 18.6. The number of anilines is 4. The van der Waals surface area contributed by atoms with Crippen LogP contribution in [0.2, 0.25) is 0 Å². The molecule has 1 fully saturated rings. The van der Waals surface area contributed by atoms with Gasteiger partial charge in [0, 0.05) is 24.5 Å². The van der Waals surface area contributed by atoms with Crippen molar-refractivity contribution < 1.29 is 14.3 Å². The van der Waals surface area contributed by atoms with Gasteiger partial charge in [-0.2, -0.15) is 0 Å². The molecule has 1 aliphatic heterocycles. The molecule has 0 bridgehead atoms. The van der Waals surface area contributed by atoms with Gasteiger partial charge in [0.05, 0.1) is 24.0 Å². The molecule has 164 valence electrons. The number of amides is 1. The summed E-state index contributed by atoms with van der Waals surface area (Å²) >= 11 is 0. The zero-order valence-electron chi connectivity index (χ0n) is 18.6. The molecule has 6 nitrogen and oxygen atoms in total. The summed E-state index contributed by atoms with van der Waals surface area (Å²) < 4.78 is 4.77. The highest BCUT2D eigenvalue weighted by Crippen LogP contribution is 2.41. The van der Waals surface area contributed by atoms with Crippen LogP contribution in [0.3, 0.4) is 0 Å². The number of esters is 1. The van der Waals surface area contributed by atoms with E-state index in [0.717, 1.165) is 35.6 Å². The zero-order chi connectivity index (χ0) is 22.0. The van der Waals surface area contributed by atoms with Crippen molar-refractivity contribution >= 4 is 34.6 Å². The summed E-state index contributed by atoms with van der Waals surface area (Å²) in [5, 5.41) is 3.43. The number of methoxy groups -OCH3 is 1. The van der Waals surface area contributed by atoms with Gasteiger partial charge < -0.3 is 19.9 Å². The number of benzene rings is 2. The summed E-state index contributed by atoms with van der Waals surface area (Å²) in [4.78, 5) is 28.7. The Morgan fingerprint density at radius 3 is 2.26 bits per heavy atom.